The average Bonchev–Trinajstić information content (AvgIpc) is 2.47. The van der Waals surface area contributed by atoms with E-state index >= 15 is 0 Å². The van der Waals surface area contributed by atoms with Crippen LogP contribution in [0.5, 0.6) is 0 Å². The molecule has 0 amide bonds. The number of allylic oxidation sites excluding steroid dienone is 2. The first-order chi connectivity index (χ1) is 10.4. The monoisotopic (exact) mass is 296 g/mol. The summed E-state index contributed by atoms with van der Waals surface area (Å²) in [4.78, 5) is 4.46. The first-order valence-electron chi connectivity index (χ1n) is 6.83. The molecule has 0 heterocycles. The van der Waals surface area contributed by atoms with Crippen molar-refractivity contribution in [3.8, 4) is 0 Å². The van der Waals surface area contributed by atoms with Crippen molar-refractivity contribution in [2.75, 3.05) is 0 Å². The Morgan fingerprint density at radius 2 is 1.73 bits per heavy atom. The minimum Gasteiger partial charge on any atom is -0.387 e. The number of benzene rings is 1. The normalized spacial score (nSPS) is 24.2. The Bertz CT molecular complexity index is 683. The van der Waals surface area contributed by atoms with Gasteiger partial charge in [-0.25, -0.2) is 4.99 Å². The second-order valence-corrected chi connectivity index (χ2v) is 5.28. The van der Waals surface area contributed by atoms with Crippen molar-refractivity contribution >= 4 is 17.5 Å². The predicted octanol–water partition coefficient (Wildman–Crippen LogP) is 1.05. The van der Waals surface area contributed by atoms with Crippen LogP contribution in [0.25, 0.3) is 0 Å². The van der Waals surface area contributed by atoms with Gasteiger partial charge >= 0.3 is 0 Å². The highest BCUT2D eigenvalue weighted by atomic mass is 15.0. The fourth-order valence-electron chi connectivity index (χ4n) is 2.38. The summed E-state index contributed by atoms with van der Waals surface area (Å²) in [6, 6.07) is 7.56. The third kappa shape index (κ3) is 2.76. The van der Waals surface area contributed by atoms with Gasteiger partial charge in [-0.2, -0.15) is 0 Å². The molecule has 2 atom stereocenters. The van der Waals surface area contributed by atoms with Crippen molar-refractivity contribution in [3.63, 3.8) is 0 Å². The van der Waals surface area contributed by atoms with Crippen LogP contribution in [0.1, 0.15) is 11.1 Å². The molecular formula is C16H20N6. The van der Waals surface area contributed by atoms with Crippen molar-refractivity contribution in [2.24, 2.45) is 28.1 Å². The topological polar surface area (TPSA) is 138 Å². The smallest absolute Gasteiger partial charge is 0.151 e. The Morgan fingerprint density at radius 1 is 1.09 bits per heavy atom. The van der Waals surface area contributed by atoms with Gasteiger partial charge in [0.2, 0.25) is 0 Å². The standard InChI is InChI=1S/C16H20N6/c1-10-5-7-11(8-6-10)14(19)22-16(15(20)21)9-3-2-4-12(16)13(17)18/h2-9,12H,1H3,(H3,17,18)(H2,19,22)(H3,20,21). The zero-order chi connectivity index (χ0) is 16.3. The number of nitrogens with two attached hydrogens (primary N) is 3. The highest BCUT2D eigenvalue weighted by molar-refractivity contribution is 6.04. The molecule has 1 aliphatic carbocycles. The Hall–Kier alpha value is -2.89. The molecule has 0 radical (unpaired) electrons. The molecule has 1 aliphatic rings. The lowest BCUT2D eigenvalue weighted by Gasteiger charge is -2.33. The SMILES string of the molecule is Cc1ccc(C(N)=NC2(C(=N)N)C=CC=CC2C(=N)N)cc1. The second-order valence-electron chi connectivity index (χ2n) is 5.28. The molecule has 114 valence electrons. The quantitative estimate of drug-likeness (QED) is 0.419. The molecule has 22 heavy (non-hydrogen) atoms. The Kier molecular flexibility index (Phi) is 4.12. The van der Waals surface area contributed by atoms with Crippen LogP contribution in [0.4, 0.5) is 0 Å². The van der Waals surface area contributed by atoms with Crippen LogP contribution in [0, 0.1) is 23.7 Å². The maximum Gasteiger partial charge on any atom is 0.151 e. The molecule has 0 aliphatic heterocycles. The average molecular weight is 296 g/mol. The molecule has 6 heteroatoms. The van der Waals surface area contributed by atoms with Crippen molar-refractivity contribution < 1.29 is 0 Å². The summed E-state index contributed by atoms with van der Waals surface area (Å²) in [5.41, 5.74) is 18.1. The zero-order valence-electron chi connectivity index (χ0n) is 12.4. The number of hydrogen-bond donors (Lipinski definition) is 5. The predicted molar refractivity (Wildman–Crippen MR) is 90.2 cm³/mol. The maximum absolute atomic E-state index is 7.93. The molecule has 0 fully saturated rings. The number of hydrogen-bond acceptors (Lipinski definition) is 3. The second kappa shape index (κ2) is 5.85. The van der Waals surface area contributed by atoms with Gasteiger partial charge < -0.3 is 17.2 Å². The number of aryl methyl sites for hydroxylation is 1. The lowest BCUT2D eigenvalue weighted by Crippen LogP contribution is -2.52. The van der Waals surface area contributed by atoms with E-state index in [1.54, 1.807) is 24.3 Å². The molecule has 8 N–H and O–H groups in total. The van der Waals surface area contributed by atoms with Gasteiger partial charge in [-0.05, 0) is 13.0 Å². The highest BCUT2D eigenvalue weighted by Gasteiger charge is 2.41. The first-order valence-corrected chi connectivity index (χ1v) is 6.83. The maximum atomic E-state index is 7.93. The number of nitrogens with zero attached hydrogens (tertiary/aromatic N) is 1. The largest absolute Gasteiger partial charge is 0.387 e. The summed E-state index contributed by atoms with van der Waals surface area (Å²) < 4.78 is 0. The zero-order valence-corrected chi connectivity index (χ0v) is 12.4. The Morgan fingerprint density at radius 3 is 2.27 bits per heavy atom. The van der Waals surface area contributed by atoms with Gasteiger partial charge in [-0.3, -0.25) is 10.8 Å². The summed E-state index contributed by atoms with van der Waals surface area (Å²) in [7, 11) is 0. The van der Waals surface area contributed by atoms with E-state index in [0.29, 0.717) is 0 Å². The summed E-state index contributed by atoms with van der Waals surface area (Å²) in [6.07, 6.45) is 6.84. The molecule has 0 bridgehead atoms. The van der Waals surface area contributed by atoms with E-state index in [2.05, 4.69) is 4.99 Å². The Balaban J connectivity index is 2.52. The van der Waals surface area contributed by atoms with Crippen LogP contribution >= 0.6 is 0 Å². The highest BCUT2D eigenvalue weighted by Crippen LogP contribution is 2.29. The first kappa shape index (κ1) is 15.5. The Labute approximate surface area is 129 Å². The molecule has 2 rings (SSSR count). The van der Waals surface area contributed by atoms with Gasteiger partial charge in [0.05, 0.1) is 5.92 Å². The number of rotatable bonds is 4. The molecule has 0 saturated heterocycles. The van der Waals surface area contributed by atoms with Crippen molar-refractivity contribution in [1.29, 1.82) is 10.8 Å². The van der Waals surface area contributed by atoms with Gasteiger partial charge in [0, 0.05) is 5.56 Å². The molecule has 1 aromatic carbocycles. The van der Waals surface area contributed by atoms with Crippen LogP contribution in [-0.4, -0.2) is 23.0 Å². The van der Waals surface area contributed by atoms with Crippen LogP contribution in [0.2, 0.25) is 0 Å². The summed E-state index contributed by atoms with van der Waals surface area (Å²) in [5.74, 6) is -0.694. The molecule has 0 aromatic heterocycles. The molecule has 6 nitrogen and oxygen atoms in total. The van der Waals surface area contributed by atoms with Crippen LogP contribution in [0.3, 0.4) is 0 Å². The van der Waals surface area contributed by atoms with E-state index in [0.717, 1.165) is 11.1 Å². The summed E-state index contributed by atoms with van der Waals surface area (Å²) in [5, 5.41) is 15.7. The number of aliphatic imine (C=N–C) groups is 1. The fraction of sp³-hybridized carbons (Fsp3) is 0.188. The van der Waals surface area contributed by atoms with E-state index in [1.807, 2.05) is 31.2 Å². The molecule has 2 unspecified atom stereocenters. The van der Waals surface area contributed by atoms with Gasteiger partial charge in [0.15, 0.2) is 5.54 Å². The van der Waals surface area contributed by atoms with Gasteiger partial charge in [-0.15, -0.1) is 0 Å². The van der Waals surface area contributed by atoms with Crippen LogP contribution in [-0.2, 0) is 0 Å². The third-order valence-corrected chi connectivity index (χ3v) is 3.66. The van der Waals surface area contributed by atoms with E-state index in [1.165, 1.54) is 0 Å². The summed E-state index contributed by atoms with van der Waals surface area (Å²) in [6.45, 7) is 1.98. The molecule has 1 aromatic rings. The van der Waals surface area contributed by atoms with Gasteiger partial charge in [0.1, 0.15) is 17.5 Å². The lowest BCUT2D eigenvalue weighted by molar-refractivity contribution is 0.601. The van der Waals surface area contributed by atoms with Crippen LogP contribution in [0.15, 0.2) is 53.6 Å². The molecular weight excluding hydrogens is 276 g/mol. The molecule has 0 saturated carbocycles. The number of nitrogens with one attached hydrogen (secondary N) is 2. The molecule has 0 spiro atoms. The van der Waals surface area contributed by atoms with Crippen LogP contribution < -0.4 is 17.2 Å². The minimum absolute atomic E-state index is 0.115. The van der Waals surface area contributed by atoms with Crippen molar-refractivity contribution in [3.05, 3.63) is 59.7 Å². The minimum atomic E-state index is -1.25. The van der Waals surface area contributed by atoms with Crippen molar-refractivity contribution in [1.82, 2.24) is 0 Å². The van der Waals surface area contributed by atoms with E-state index in [-0.39, 0.29) is 17.5 Å². The third-order valence-electron chi connectivity index (χ3n) is 3.66. The van der Waals surface area contributed by atoms with Gasteiger partial charge in [-0.1, -0.05) is 48.1 Å². The summed E-state index contributed by atoms with van der Waals surface area (Å²) >= 11 is 0. The van der Waals surface area contributed by atoms with E-state index in [9.17, 15) is 0 Å². The fourth-order valence-corrected chi connectivity index (χ4v) is 2.38. The lowest BCUT2D eigenvalue weighted by atomic mass is 9.79. The van der Waals surface area contributed by atoms with Crippen molar-refractivity contribution in [2.45, 2.75) is 12.5 Å². The van der Waals surface area contributed by atoms with E-state index in [4.69, 9.17) is 28.0 Å². The number of amidine groups is 3. The van der Waals surface area contributed by atoms with Gasteiger partial charge in [0.25, 0.3) is 0 Å². The van der Waals surface area contributed by atoms with E-state index < -0.39 is 11.5 Å².